The van der Waals surface area contributed by atoms with Gasteiger partial charge in [0.05, 0.1) is 0 Å². The largest absolute Gasteiger partial charge is 0.278 e. The van der Waals surface area contributed by atoms with E-state index >= 15 is 0 Å². The molecule has 0 radical (unpaired) electrons. The molecule has 0 saturated heterocycles. The number of hydrogen-bond donors (Lipinski definition) is 0. The minimum atomic E-state index is 0.109. The highest BCUT2D eigenvalue weighted by Crippen LogP contribution is 2.23. The molecule has 2 aromatic carbocycles. The number of benzene rings is 2. The maximum absolute atomic E-state index is 11.2. The molecule has 2 heteroatoms. The molecule has 72 valence electrons. The molecule has 0 atom stereocenters. The fourth-order valence-corrected chi connectivity index (χ4v) is 2.54. The lowest BCUT2D eigenvalue weighted by Crippen LogP contribution is -1.88. The molecule has 0 aliphatic rings. The molecule has 0 bridgehead atoms. The normalized spacial score (nSPS) is 10.9. The third-order valence-electron chi connectivity index (χ3n) is 2.49. The molecule has 3 aromatic rings. The number of rotatable bonds is 0. The standard InChI is InChI=1S/C13H8OS/c14-13-6-5-11-7-9-3-1-2-4-10(9)8-12(11)15-13/h1-8H. The van der Waals surface area contributed by atoms with E-state index in [9.17, 15) is 4.79 Å². The average Bonchev–Trinajstić information content (AvgIpc) is 2.26. The molecule has 0 spiro atoms. The van der Waals surface area contributed by atoms with Crippen LogP contribution in [0.5, 0.6) is 0 Å². The van der Waals surface area contributed by atoms with Crippen LogP contribution >= 0.6 is 11.3 Å². The summed E-state index contributed by atoms with van der Waals surface area (Å²) in [6.45, 7) is 0. The topological polar surface area (TPSA) is 17.1 Å². The first-order chi connectivity index (χ1) is 7.33. The summed E-state index contributed by atoms with van der Waals surface area (Å²) in [7, 11) is 0. The Bertz CT molecular complexity index is 697. The number of fused-ring (bicyclic) bond motifs is 2. The second-order valence-corrected chi connectivity index (χ2v) is 4.54. The van der Waals surface area contributed by atoms with Crippen LogP contribution in [-0.4, -0.2) is 0 Å². The van der Waals surface area contributed by atoms with Gasteiger partial charge in [-0.1, -0.05) is 35.6 Å². The summed E-state index contributed by atoms with van der Waals surface area (Å²) in [4.78, 5) is 11.2. The lowest BCUT2D eigenvalue weighted by Gasteiger charge is -1.99. The fraction of sp³-hybridized carbons (Fsp3) is 0. The van der Waals surface area contributed by atoms with E-state index in [1.54, 1.807) is 6.07 Å². The van der Waals surface area contributed by atoms with Gasteiger partial charge in [-0.3, -0.25) is 4.79 Å². The van der Waals surface area contributed by atoms with Crippen molar-refractivity contribution in [3.63, 3.8) is 0 Å². The van der Waals surface area contributed by atoms with E-state index < -0.39 is 0 Å². The van der Waals surface area contributed by atoms with Gasteiger partial charge in [-0.05, 0) is 40.4 Å². The van der Waals surface area contributed by atoms with Crippen molar-refractivity contribution in [1.82, 2.24) is 0 Å². The van der Waals surface area contributed by atoms with Crippen LogP contribution in [-0.2, 0) is 0 Å². The molecule has 3 rings (SSSR count). The molecule has 0 aliphatic carbocycles. The van der Waals surface area contributed by atoms with Gasteiger partial charge in [0, 0.05) is 4.70 Å². The highest BCUT2D eigenvalue weighted by Gasteiger charge is 1.98. The van der Waals surface area contributed by atoms with Crippen molar-refractivity contribution >= 4 is 32.2 Å². The average molecular weight is 212 g/mol. The van der Waals surface area contributed by atoms with Crippen LogP contribution in [0.25, 0.3) is 20.9 Å². The summed E-state index contributed by atoms with van der Waals surface area (Å²) in [5.74, 6) is 0. The molecule has 15 heavy (non-hydrogen) atoms. The Morgan fingerprint density at radius 3 is 2.33 bits per heavy atom. The van der Waals surface area contributed by atoms with Crippen molar-refractivity contribution in [3.8, 4) is 0 Å². The second kappa shape index (κ2) is 3.17. The van der Waals surface area contributed by atoms with Gasteiger partial charge in [0.1, 0.15) is 0 Å². The second-order valence-electron chi connectivity index (χ2n) is 3.49. The number of hydrogen-bond acceptors (Lipinski definition) is 2. The zero-order chi connectivity index (χ0) is 10.3. The van der Waals surface area contributed by atoms with Crippen molar-refractivity contribution in [3.05, 3.63) is 58.1 Å². The van der Waals surface area contributed by atoms with Gasteiger partial charge in [-0.2, -0.15) is 0 Å². The predicted molar refractivity (Wildman–Crippen MR) is 65.6 cm³/mol. The summed E-state index contributed by atoms with van der Waals surface area (Å²) in [5, 5.41) is 3.54. The Kier molecular flexibility index (Phi) is 1.82. The maximum atomic E-state index is 11.2. The lowest BCUT2D eigenvalue weighted by molar-refractivity contribution is 1.78. The van der Waals surface area contributed by atoms with E-state index in [0.717, 1.165) is 10.1 Å². The minimum Gasteiger partial charge on any atom is -0.278 e. The summed E-state index contributed by atoms with van der Waals surface area (Å²) in [6, 6.07) is 15.9. The van der Waals surface area contributed by atoms with Gasteiger partial charge in [-0.15, -0.1) is 0 Å². The van der Waals surface area contributed by atoms with E-state index in [2.05, 4.69) is 24.3 Å². The molecule has 1 heterocycles. The lowest BCUT2D eigenvalue weighted by atomic mass is 10.1. The highest BCUT2D eigenvalue weighted by atomic mass is 32.1. The molecule has 0 amide bonds. The van der Waals surface area contributed by atoms with Gasteiger partial charge in [0.15, 0.2) is 0 Å². The van der Waals surface area contributed by atoms with Crippen LogP contribution < -0.4 is 4.74 Å². The van der Waals surface area contributed by atoms with Crippen LogP contribution in [0.3, 0.4) is 0 Å². The van der Waals surface area contributed by atoms with E-state index in [1.807, 2.05) is 18.2 Å². The molecular formula is C13H8OS. The fourth-order valence-electron chi connectivity index (χ4n) is 1.76. The third kappa shape index (κ3) is 1.43. The Hall–Kier alpha value is -1.67. The van der Waals surface area contributed by atoms with Crippen molar-refractivity contribution in [2.24, 2.45) is 0 Å². The Balaban J connectivity index is 2.53. The SMILES string of the molecule is O=c1ccc2cc3ccccc3cc2s1. The van der Waals surface area contributed by atoms with Crippen LogP contribution in [0.4, 0.5) is 0 Å². The summed E-state index contributed by atoms with van der Waals surface area (Å²) in [5.41, 5.74) is 0. The predicted octanol–water partition coefficient (Wildman–Crippen LogP) is 3.41. The summed E-state index contributed by atoms with van der Waals surface area (Å²) >= 11 is 1.30. The minimum absolute atomic E-state index is 0.109. The molecule has 0 saturated carbocycles. The molecule has 0 aliphatic heterocycles. The zero-order valence-electron chi connectivity index (χ0n) is 7.94. The van der Waals surface area contributed by atoms with Crippen LogP contribution in [0.2, 0.25) is 0 Å². The van der Waals surface area contributed by atoms with Crippen LogP contribution in [0.15, 0.2) is 53.3 Å². The van der Waals surface area contributed by atoms with E-state index in [4.69, 9.17) is 0 Å². The third-order valence-corrected chi connectivity index (χ3v) is 3.40. The zero-order valence-corrected chi connectivity index (χ0v) is 8.75. The summed E-state index contributed by atoms with van der Waals surface area (Å²) in [6.07, 6.45) is 0. The molecule has 0 unspecified atom stereocenters. The Labute approximate surface area is 90.6 Å². The Morgan fingerprint density at radius 2 is 1.53 bits per heavy atom. The van der Waals surface area contributed by atoms with Crippen molar-refractivity contribution in [2.45, 2.75) is 0 Å². The van der Waals surface area contributed by atoms with E-state index in [1.165, 1.54) is 22.1 Å². The van der Waals surface area contributed by atoms with Crippen LogP contribution in [0.1, 0.15) is 0 Å². The summed E-state index contributed by atoms with van der Waals surface area (Å²) < 4.78 is 1.17. The van der Waals surface area contributed by atoms with Crippen molar-refractivity contribution in [1.29, 1.82) is 0 Å². The van der Waals surface area contributed by atoms with Crippen molar-refractivity contribution < 1.29 is 0 Å². The molecule has 1 aromatic heterocycles. The van der Waals surface area contributed by atoms with Gasteiger partial charge < -0.3 is 0 Å². The van der Waals surface area contributed by atoms with Gasteiger partial charge in [0.25, 0.3) is 0 Å². The molecule has 0 fully saturated rings. The highest BCUT2D eigenvalue weighted by molar-refractivity contribution is 7.16. The van der Waals surface area contributed by atoms with Crippen LogP contribution in [0, 0.1) is 0 Å². The molecular weight excluding hydrogens is 204 g/mol. The van der Waals surface area contributed by atoms with Gasteiger partial charge in [0.2, 0.25) is 4.74 Å². The first-order valence-corrected chi connectivity index (χ1v) is 5.57. The van der Waals surface area contributed by atoms with E-state index in [0.29, 0.717) is 0 Å². The Morgan fingerprint density at radius 1 is 0.800 bits per heavy atom. The quantitative estimate of drug-likeness (QED) is 0.522. The van der Waals surface area contributed by atoms with Gasteiger partial charge in [-0.25, -0.2) is 0 Å². The first kappa shape index (κ1) is 8.62. The van der Waals surface area contributed by atoms with Gasteiger partial charge >= 0.3 is 0 Å². The molecule has 1 nitrogen and oxygen atoms in total. The van der Waals surface area contributed by atoms with E-state index in [-0.39, 0.29) is 4.74 Å². The monoisotopic (exact) mass is 212 g/mol. The maximum Gasteiger partial charge on any atom is 0.232 e. The smallest absolute Gasteiger partial charge is 0.232 e. The first-order valence-electron chi connectivity index (χ1n) is 4.76. The van der Waals surface area contributed by atoms with Crippen molar-refractivity contribution in [2.75, 3.05) is 0 Å². The molecule has 0 N–H and O–H groups in total.